The van der Waals surface area contributed by atoms with E-state index in [0.717, 1.165) is 54.5 Å². The lowest BCUT2D eigenvalue weighted by atomic mass is 9.86. The summed E-state index contributed by atoms with van der Waals surface area (Å²) in [4.78, 5) is 14.0. The molecule has 1 amide bonds. The third kappa shape index (κ3) is 7.71. The molecular weight excluding hydrogens is 587 g/mol. The molecular formula is C35H41Cl3N2O2. The first-order valence-corrected chi connectivity index (χ1v) is 15.5. The van der Waals surface area contributed by atoms with E-state index in [1.807, 2.05) is 43.9 Å². The van der Waals surface area contributed by atoms with Crippen LogP contribution in [0, 0.1) is 0 Å². The highest BCUT2D eigenvalue weighted by Gasteiger charge is 2.28. The molecule has 6 rings (SSSR count). The number of carbonyl (C=O) groups excluding carboxylic acids is 1. The van der Waals surface area contributed by atoms with Crippen LogP contribution in [-0.2, 0) is 4.74 Å². The minimum atomic E-state index is -0.444. The first kappa shape index (κ1) is 32.4. The van der Waals surface area contributed by atoms with E-state index in [0.29, 0.717) is 11.8 Å². The number of likely N-dealkylation sites (tertiary alicyclic amines) is 1. The molecule has 4 aromatic carbocycles. The molecule has 0 radical (unpaired) electrons. The normalized spacial score (nSPS) is 16.5. The first-order valence-electron chi connectivity index (χ1n) is 14.7. The Balaban J connectivity index is 0.000000198. The quantitative estimate of drug-likeness (QED) is 0.240. The Morgan fingerprint density at radius 1 is 0.714 bits per heavy atom. The lowest BCUT2D eigenvalue weighted by Crippen LogP contribution is -2.41. The topological polar surface area (TPSA) is 41.6 Å². The number of ether oxygens (including phenoxy) is 1. The molecule has 0 atom stereocenters. The monoisotopic (exact) mass is 626 g/mol. The summed E-state index contributed by atoms with van der Waals surface area (Å²) in [6.45, 7) is 9.42. The number of hydrogen-bond acceptors (Lipinski definition) is 3. The maximum atomic E-state index is 12.2. The van der Waals surface area contributed by atoms with Crippen LogP contribution in [-0.4, -0.2) is 42.8 Å². The number of benzene rings is 4. The maximum Gasteiger partial charge on any atom is 0.410 e. The zero-order valence-electron chi connectivity index (χ0n) is 24.7. The van der Waals surface area contributed by atoms with Crippen molar-refractivity contribution in [3.63, 3.8) is 0 Å². The average Bonchev–Trinajstić information content (AvgIpc) is 2.98. The fourth-order valence-corrected chi connectivity index (χ4v) is 6.57. The van der Waals surface area contributed by atoms with E-state index in [-0.39, 0.29) is 18.5 Å². The highest BCUT2D eigenvalue weighted by Crippen LogP contribution is 2.36. The van der Waals surface area contributed by atoms with Gasteiger partial charge in [0.05, 0.1) is 0 Å². The molecule has 0 aliphatic carbocycles. The van der Waals surface area contributed by atoms with Gasteiger partial charge in [0.1, 0.15) is 5.60 Å². The maximum absolute atomic E-state index is 12.2. The smallest absolute Gasteiger partial charge is 0.410 e. The van der Waals surface area contributed by atoms with Crippen LogP contribution in [0.4, 0.5) is 4.79 Å². The predicted molar refractivity (Wildman–Crippen MR) is 180 cm³/mol. The van der Waals surface area contributed by atoms with Gasteiger partial charge < -0.3 is 15.0 Å². The van der Waals surface area contributed by atoms with Gasteiger partial charge in [-0.1, -0.05) is 83.9 Å². The molecule has 0 unspecified atom stereocenters. The number of rotatable bonds is 2. The van der Waals surface area contributed by atoms with E-state index < -0.39 is 5.60 Å². The second-order valence-corrected chi connectivity index (χ2v) is 12.9. The average molecular weight is 628 g/mol. The summed E-state index contributed by atoms with van der Waals surface area (Å²) in [5, 5.41) is 9.91. The number of carbonyl (C=O) groups is 1. The van der Waals surface area contributed by atoms with Gasteiger partial charge in [-0.3, -0.25) is 0 Å². The van der Waals surface area contributed by atoms with Crippen LogP contribution in [0.5, 0.6) is 0 Å². The minimum Gasteiger partial charge on any atom is -0.444 e. The van der Waals surface area contributed by atoms with Crippen LogP contribution in [0.15, 0.2) is 72.8 Å². The molecule has 0 aromatic heterocycles. The van der Waals surface area contributed by atoms with Crippen molar-refractivity contribution < 1.29 is 9.53 Å². The number of hydrogen-bond donors (Lipinski definition) is 1. The minimum absolute atomic E-state index is 0. The molecule has 2 aliphatic heterocycles. The van der Waals surface area contributed by atoms with Gasteiger partial charge in [-0.2, -0.15) is 0 Å². The van der Waals surface area contributed by atoms with Gasteiger partial charge in [-0.05, 0) is 105 Å². The third-order valence-electron chi connectivity index (χ3n) is 8.17. The molecule has 42 heavy (non-hydrogen) atoms. The summed E-state index contributed by atoms with van der Waals surface area (Å²) in [5.41, 5.74) is 2.35. The van der Waals surface area contributed by atoms with Crippen molar-refractivity contribution in [1.29, 1.82) is 0 Å². The number of fused-ring (bicyclic) bond motifs is 2. The van der Waals surface area contributed by atoms with Gasteiger partial charge in [-0.25, -0.2) is 4.79 Å². The highest BCUT2D eigenvalue weighted by atomic mass is 35.5. The predicted octanol–water partition coefficient (Wildman–Crippen LogP) is 9.99. The lowest BCUT2D eigenvalue weighted by molar-refractivity contribution is 0.0205. The van der Waals surface area contributed by atoms with Crippen molar-refractivity contribution >= 4 is 63.2 Å². The summed E-state index contributed by atoms with van der Waals surface area (Å²) < 4.78 is 5.47. The standard InChI is InChI=1S/C20H24ClNO2.C15H16ClN.ClH/c1-20(2,3)24-19(23)22-12-10-14(11-13-22)15-8-9-18(21)17-7-5-4-6-16(15)17;16-15-6-5-12(11-7-9-17-10-8-11)13-3-1-2-4-14(13)15;/h4-9,14H,10-13H2,1-3H3;1-6,11,17H,7-10H2;1H. The first-order chi connectivity index (χ1) is 19.7. The highest BCUT2D eigenvalue weighted by molar-refractivity contribution is 6.36. The number of nitrogens with one attached hydrogen (secondary N) is 1. The summed E-state index contributed by atoms with van der Waals surface area (Å²) in [6, 6.07) is 25.1. The molecule has 224 valence electrons. The van der Waals surface area contributed by atoms with Crippen molar-refractivity contribution in [2.75, 3.05) is 26.2 Å². The summed E-state index contributed by atoms with van der Waals surface area (Å²) >= 11 is 12.6. The van der Waals surface area contributed by atoms with Crippen molar-refractivity contribution in [1.82, 2.24) is 10.2 Å². The number of halogens is 3. The molecule has 2 aliphatic rings. The van der Waals surface area contributed by atoms with E-state index in [2.05, 4.69) is 59.9 Å². The van der Waals surface area contributed by atoms with E-state index in [4.69, 9.17) is 27.9 Å². The van der Waals surface area contributed by atoms with E-state index in [1.165, 1.54) is 40.1 Å². The molecule has 2 heterocycles. The Labute approximate surface area is 266 Å². The summed E-state index contributed by atoms with van der Waals surface area (Å²) in [7, 11) is 0. The summed E-state index contributed by atoms with van der Waals surface area (Å²) in [6.07, 6.45) is 4.15. The van der Waals surface area contributed by atoms with E-state index in [9.17, 15) is 4.79 Å². The molecule has 2 saturated heterocycles. The van der Waals surface area contributed by atoms with Crippen LogP contribution >= 0.6 is 35.6 Å². The van der Waals surface area contributed by atoms with E-state index in [1.54, 1.807) is 0 Å². The number of piperidine rings is 2. The van der Waals surface area contributed by atoms with Crippen LogP contribution in [0.25, 0.3) is 21.5 Å². The third-order valence-corrected chi connectivity index (χ3v) is 8.83. The molecule has 0 bridgehead atoms. The molecule has 7 heteroatoms. The van der Waals surface area contributed by atoms with Crippen molar-refractivity contribution in [3.8, 4) is 0 Å². The fourth-order valence-electron chi connectivity index (χ4n) is 6.12. The Hall–Kier alpha value is -2.50. The zero-order chi connectivity index (χ0) is 29.0. The van der Waals surface area contributed by atoms with Crippen molar-refractivity contribution in [2.45, 2.75) is 63.9 Å². The summed E-state index contributed by atoms with van der Waals surface area (Å²) in [5.74, 6) is 1.13. The Morgan fingerprint density at radius 2 is 1.14 bits per heavy atom. The number of amides is 1. The van der Waals surface area contributed by atoms with Crippen LogP contribution in [0.1, 0.15) is 69.4 Å². The van der Waals surface area contributed by atoms with Gasteiger partial charge in [0.15, 0.2) is 0 Å². The molecule has 0 spiro atoms. The molecule has 4 nitrogen and oxygen atoms in total. The van der Waals surface area contributed by atoms with Gasteiger partial charge in [-0.15, -0.1) is 12.4 Å². The second-order valence-electron chi connectivity index (χ2n) is 12.1. The van der Waals surface area contributed by atoms with Gasteiger partial charge in [0.2, 0.25) is 0 Å². The van der Waals surface area contributed by atoms with Gasteiger partial charge >= 0.3 is 6.09 Å². The van der Waals surface area contributed by atoms with E-state index >= 15 is 0 Å². The number of nitrogens with zero attached hydrogens (tertiary/aromatic N) is 1. The second kappa shape index (κ2) is 14.3. The van der Waals surface area contributed by atoms with Crippen LogP contribution < -0.4 is 5.32 Å². The largest absolute Gasteiger partial charge is 0.444 e. The zero-order valence-corrected chi connectivity index (χ0v) is 27.0. The Bertz CT molecular complexity index is 1500. The van der Waals surface area contributed by atoms with Crippen molar-refractivity contribution in [2.24, 2.45) is 0 Å². The SMILES string of the molecule is CC(C)(C)OC(=O)N1CCC(c2ccc(Cl)c3ccccc23)CC1.Cl.Clc1ccc(C2CCNCC2)c2ccccc12. The van der Waals surface area contributed by atoms with Gasteiger partial charge in [0, 0.05) is 33.9 Å². The molecule has 4 aromatic rings. The van der Waals surface area contributed by atoms with Gasteiger partial charge in [0.25, 0.3) is 0 Å². The molecule has 1 N–H and O–H groups in total. The van der Waals surface area contributed by atoms with Crippen LogP contribution in [0.3, 0.4) is 0 Å². The van der Waals surface area contributed by atoms with Crippen molar-refractivity contribution in [3.05, 3.63) is 94.0 Å². The Kier molecular flexibility index (Phi) is 11.0. The molecule has 2 fully saturated rings. The van der Waals surface area contributed by atoms with Crippen LogP contribution in [0.2, 0.25) is 10.0 Å². The Morgan fingerprint density at radius 3 is 1.60 bits per heavy atom. The lowest BCUT2D eigenvalue weighted by Gasteiger charge is -2.34. The fraction of sp³-hybridized carbons (Fsp3) is 0.400. The molecule has 0 saturated carbocycles.